The van der Waals surface area contributed by atoms with E-state index in [1.54, 1.807) is 0 Å². The van der Waals surface area contributed by atoms with E-state index in [1.807, 2.05) is 0 Å². The summed E-state index contributed by atoms with van der Waals surface area (Å²) in [5, 5.41) is 4.44. The van der Waals surface area contributed by atoms with Crippen molar-refractivity contribution >= 4 is 26.0 Å². The molecule has 1 rings (SSSR count). The number of rotatable bonds is 4. The Morgan fingerprint density at radius 2 is 1.95 bits per heavy atom. The Balaban J connectivity index is 3.66. The molecule has 0 aliphatic heterocycles. The number of hydrogen-bond acceptors (Lipinski definition) is 4. The maximum absolute atomic E-state index is 12.9. The number of alkyl halides is 6. The molecule has 0 fully saturated rings. The summed E-state index contributed by atoms with van der Waals surface area (Å²) in [6.45, 7) is 0. The van der Waals surface area contributed by atoms with Gasteiger partial charge < -0.3 is 4.74 Å². The van der Waals surface area contributed by atoms with Gasteiger partial charge >= 0.3 is 6.36 Å². The van der Waals surface area contributed by atoms with E-state index in [1.165, 1.54) is 0 Å². The minimum absolute atomic E-state index is 0.301. The molecule has 0 bridgehead atoms. The van der Waals surface area contributed by atoms with Gasteiger partial charge in [0.2, 0.25) is 10.0 Å². The normalized spacial score (nSPS) is 12.8. The number of halogens is 6. The third-order valence-corrected chi connectivity index (χ3v) is 3.52. The highest BCUT2D eigenvalue weighted by Crippen LogP contribution is 2.38. The van der Waals surface area contributed by atoms with E-state index in [0.29, 0.717) is 6.20 Å². The first-order valence-corrected chi connectivity index (χ1v) is 7.28. The standard InChI is InChI=1S/C8H6BrF5N2O3S/c9-1-3-6(20(15,17)18)5(7(10)11)4(2-16-3)19-8(12,13)14/h2,7H,1H2,(H2,15,17,18). The van der Waals surface area contributed by atoms with Gasteiger partial charge in [-0.1, -0.05) is 15.9 Å². The van der Waals surface area contributed by atoms with Crippen LogP contribution in [0.25, 0.3) is 0 Å². The first kappa shape index (κ1) is 17.0. The highest BCUT2D eigenvalue weighted by Gasteiger charge is 2.36. The smallest absolute Gasteiger partial charge is 0.404 e. The number of aromatic nitrogens is 1. The lowest BCUT2D eigenvalue weighted by Crippen LogP contribution is -2.22. The van der Waals surface area contributed by atoms with Crippen LogP contribution in [0.5, 0.6) is 5.75 Å². The van der Waals surface area contributed by atoms with Gasteiger partial charge in [-0.05, 0) is 0 Å². The van der Waals surface area contributed by atoms with Crippen molar-refractivity contribution in [2.75, 3.05) is 0 Å². The second-order valence-electron chi connectivity index (χ2n) is 3.34. The third kappa shape index (κ3) is 3.99. The molecule has 0 radical (unpaired) electrons. The Bertz CT molecular complexity index is 605. The maximum atomic E-state index is 12.9. The van der Waals surface area contributed by atoms with Gasteiger partial charge in [0.25, 0.3) is 6.43 Å². The van der Waals surface area contributed by atoms with Gasteiger partial charge in [-0.3, -0.25) is 4.98 Å². The van der Waals surface area contributed by atoms with Crippen LogP contribution in [0.4, 0.5) is 22.0 Å². The quantitative estimate of drug-likeness (QED) is 0.638. The molecular weight excluding hydrogens is 379 g/mol. The van der Waals surface area contributed by atoms with Gasteiger partial charge in [0.05, 0.1) is 17.5 Å². The lowest BCUT2D eigenvalue weighted by molar-refractivity contribution is -0.275. The molecule has 12 heteroatoms. The van der Waals surface area contributed by atoms with Crippen molar-refractivity contribution in [1.82, 2.24) is 4.98 Å². The summed E-state index contributed by atoms with van der Waals surface area (Å²) >= 11 is 2.78. The molecule has 0 amide bonds. The molecule has 20 heavy (non-hydrogen) atoms. The van der Waals surface area contributed by atoms with Crippen LogP contribution in [-0.4, -0.2) is 19.8 Å². The molecule has 1 heterocycles. The molecule has 0 aliphatic carbocycles. The van der Waals surface area contributed by atoms with Crippen LogP contribution in [0.1, 0.15) is 17.7 Å². The van der Waals surface area contributed by atoms with Gasteiger partial charge in [-0.15, -0.1) is 13.2 Å². The third-order valence-electron chi connectivity index (χ3n) is 1.96. The van der Waals surface area contributed by atoms with Crippen molar-refractivity contribution in [3.8, 4) is 5.75 Å². The molecular formula is C8H6BrF5N2O3S. The van der Waals surface area contributed by atoms with E-state index in [4.69, 9.17) is 5.14 Å². The van der Waals surface area contributed by atoms with Crippen molar-refractivity contribution in [2.24, 2.45) is 5.14 Å². The number of hydrogen-bond donors (Lipinski definition) is 1. The van der Waals surface area contributed by atoms with Gasteiger partial charge in [0.1, 0.15) is 4.90 Å². The lowest BCUT2D eigenvalue weighted by Gasteiger charge is -2.16. The molecule has 0 aromatic carbocycles. The summed E-state index contributed by atoms with van der Waals surface area (Å²) in [4.78, 5) is 2.14. The minimum atomic E-state index is -5.28. The molecule has 0 spiro atoms. The average molecular weight is 385 g/mol. The number of ether oxygens (including phenoxy) is 1. The summed E-state index contributed by atoms with van der Waals surface area (Å²) in [7, 11) is -4.72. The van der Waals surface area contributed by atoms with E-state index < -0.39 is 44.7 Å². The van der Waals surface area contributed by atoms with Crippen LogP contribution in [0.3, 0.4) is 0 Å². The van der Waals surface area contributed by atoms with E-state index in [0.717, 1.165) is 0 Å². The highest BCUT2D eigenvalue weighted by atomic mass is 79.9. The molecule has 0 saturated carbocycles. The van der Waals surface area contributed by atoms with E-state index in [-0.39, 0.29) is 5.33 Å². The number of sulfonamides is 1. The summed E-state index contributed by atoms with van der Waals surface area (Å²) in [5.74, 6) is -1.42. The van der Waals surface area contributed by atoms with E-state index >= 15 is 0 Å². The van der Waals surface area contributed by atoms with Crippen LogP contribution in [-0.2, 0) is 15.4 Å². The topological polar surface area (TPSA) is 82.3 Å². The Hall–Kier alpha value is -1.01. The van der Waals surface area contributed by atoms with Crippen molar-refractivity contribution < 1.29 is 35.1 Å². The fourth-order valence-electron chi connectivity index (χ4n) is 1.36. The minimum Gasteiger partial charge on any atom is -0.404 e. The second kappa shape index (κ2) is 5.77. The van der Waals surface area contributed by atoms with Crippen molar-refractivity contribution in [1.29, 1.82) is 0 Å². The molecule has 0 atom stereocenters. The van der Waals surface area contributed by atoms with E-state index in [9.17, 15) is 30.4 Å². The first-order chi connectivity index (χ1) is 8.97. The molecule has 2 N–H and O–H groups in total. The zero-order valence-corrected chi connectivity index (χ0v) is 11.7. The number of nitrogens with two attached hydrogens (primary N) is 1. The fourth-order valence-corrected chi connectivity index (χ4v) is 2.92. The Morgan fingerprint density at radius 1 is 1.40 bits per heavy atom. The molecule has 0 unspecified atom stereocenters. The maximum Gasteiger partial charge on any atom is 0.573 e. The second-order valence-corrected chi connectivity index (χ2v) is 5.40. The van der Waals surface area contributed by atoms with Crippen LogP contribution >= 0.6 is 15.9 Å². The molecule has 114 valence electrons. The summed E-state index contributed by atoms with van der Waals surface area (Å²) < 4.78 is 88.1. The van der Waals surface area contributed by atoms with Gasteiger partial charge in [0, 0.05) is 5.33 Å². The van der Waals surface area contributed by atoms with Gasteiger partial charge in [-0.25, -0.2) is 22.3 Å². The molecule has 1 aromatic rings. The summed E-state index contributed by atoms with van der Waals surface area (Å²) in [6, 6.07) is 0. The van der Waals surface area contributed by atoms with Crippen molar-refractivity contribution in [3.05, 3.63) is 17.5 Å². The predicted octanol–water partition coefficient (Wildman–Crippen LogP) is 2.46. The lowest BCUT2D eigenvalue weighted by atomic mass is 10.2. The van der Waals surface area contributed by atoms with Crippen LogP contribution in [0.2, 0.25) is 0 Å². The molecule has 0 aliphatic rings. The van der Waals surface area contributed by atoms with Crippen molar-refractivity contribution in [2.45, 2.75) is 23.0 Å². The summed E-state index contributed by atoms with van der Waals surface area (Å²) in [5.41, 5.74) is -1.92. The zero-order valence-electron chi connectivity index (χ0n) is 9.29. The largest absolute Gasteiger partial charge is 0.573 e. The average Bonchev–Trinajstić information content (AvgIpc) is 2.24. The van der Waals surface area contributed by atoms with Gasteiger partial charge in [0.15, 0.2) is 5.75 Å². The zero-order chi connectivity index (χ0) is 15.7. The Morgan fingerprint density at radius 3 is 2.30 bits per heavy atom. The summed E-state index contributed by atoms with van der Waals surface area (Å²) in [6.07, 6.45) is -8.47. The van der Waals surface area contributed by atoms with Crippen molar-refractivity contribution in [3.63, 3.8) is 0 Å². The number of nitrogens with zero attached hydrogens (tertiary/aromatic N) is 1. The molecule has 0 saturated heterocycles. The molecule has 1 aromatic heterocycles. The monoisotopic (exact) mass is 384 g/mol. The molecule has 5 nitrogen and oxygen atoms in total. The predicted molar refractivity (Wildman–Crippen MR) is 59.9 cm³/mol. The number of primary sulfonamides is 1. The fraction of sp³-hybridized carbons (Fsp3) is 0.375. The van der Waals surface area contributed by atoms with Gasteiger partial charge in [-0.2, -0.15) is 0 Å². The number of pyridine rings is 1. The Labute approximate surface area is 118 Å². The highest BCUT2D eigenvalue weighted by molar-refractivity contribution is 9.08. The SMILES string of the molecule is NS(=O)(=O)c1c(CBr)ncc(OC(F)(F)F)c1C(F)F. The Kier molecular flexibility index (Phi) is 4.92. The van der Waals surface area contributed by atoms with E-state index in [2.05, 4.69) is 25.7 Å². The van der Waals surface area contributed by atoms with Crippen LogP contribution in [0.15, 0.2) is 11.1 Å². The van der Waals surface area contributed by atoms with Crippen LogP contribution < -0.4 is 9.88 Å². The first-order valence-electron chi connectivity index (χ1n) is 4.61. The van der Waals surface area contributed by atoms with Crippen LogP contribution in [0, 0.1) is 0 Å².